The zero-order valence-corrected chi connectivity index (χ0v) is 19.6. The van der Waals surface area contributed by atoms with Gasteiger partial charge in [0.25, 0.3) is 0 Å². The van der Waals surface area contributed by atoms with Gasteiger partial charge in [-0.05, 0) is 38.5 Å². The van der Waals surface area contributed by atoms with Crippen LogP contribution >= 0.6 is 24.0 Å². The van der Waals surface area contributed by atoms with Crippen molar-refractivity contribution in [3.05, 3.63) is 29.8 Å². The molecular weight excluding hydrogens is 500 g/mol. The van der Waals surface area contributed by atoms with Gasteiger partial charge in [-0.2, -0.15) is 13.2 Å². The average molecular weight is 530 g/mol. The highest BCUT2D eigenvalue weighted by molar-refractivity contribution is 14.0. The lowest BCUT2D eigenvalue weighted by molar-refractivity contribution is -0.137. The predicted molar refractivity (Wildman–Crippen MR) is 119 cm³/mol. The molecule has 0 aromatic heterocycles. The SMILES string of the molecule is CCC(CNC(=NC)NCC(C)(C)C(=O)NC)Oc1cccc(C(F)(F)F)c1.I. The molecule has 1 amide bonds. The van der Waals surface area contributed by atoms with Crippen molar-refractivity contribution in [2.45, 2.75) is 39.5 Å². The van der Waals surface area contributed by atoms with Crippen LogP contribution in [-0.4, -0.2) is 45.2 Å². The summed E-state index contributed by atoms with van der Waals surface area (Å²) in [6.45, 7) is 6.19. The maximum atomic E-state index is 12.8. The number of benzene rings is 1. The van der Waals surface area contributed by atoms with Crippen LogP contribution in [-0.2, 0) is 11.0 Å². The number of aliphatic imine (C=N–C) groups is 1. The number of halogens is 4. The van der Waals surface area contributed by atoms with Crippen molar-refractivity contribution in [1.82, 2.24) is 16.0 Å². The number of nitrogens with zero attached hydrogens (tertiary/aromatic N) is 1. The van der Waals surface area contributed by atoms with Crippen molar-refractivity contribution < 1.29 is 22.7 Å². The number of alkyl halides is 3. The molecule has 1 rings (SSSR count). The summed E-state index contributed by atoms with van der Waals surface area (Å²) in [6.07, 6.45) is -4.18. The molecule has 6 nitrogen and oxygen atoms in total. The van der Waals surface area contributed by atoms with Gasteiger partial charge in [0.1, 0.15) is 11.9 Å². The summed E-state index contributed by atoms with van der Waals surface area (Å²) in [5.41, 5.74) is -1.38. The molecule has 0 saturated carbocycles. The zero-order chi connectivity index (χ0) is 21.4. The van der Waals surface area contributed by atoms with E-state index < -0.39 is 17.2 Å². The standard InChI is InChI=1S/C19H29F3N4O2.HI/c1-6-14(28-15-9-7-8-13(10-15)19(20,21)22)11-25-17(24-5)26-12-18(2,3)16(27)23-4;/h7-10,14H,6,11-12H2,1-5H3,(H,23,27)(H2,24,25,26);1H. The fraction of sp³-hybridized carbons (Fsp3) is 0.579. The molecule has 0 fully saturated rings. The molecule has 0 bridgehead atoms. The van der Waals surface area contributed by atoms with Crippen LogP contribution in [0.25, 0.3) is 0 Å². The first-order chi connectivity index (χ1) is 13.0. The first-order valence-corrected chi connectivity index (χ1v) is 9.04. The van der Waals surface area contributed by atoms with Gasteiger partial charge in [0.15, 0.2) is 5.96 Å². The molecule has 166 valence electrons. The van der Waals surface area contributed by atoms with Crippen molar-refractivity contribution in [3.63, 3.8) is 0 Å². The lowest BCUT2D eigenvalue weighted by Crippen LogP contribution is -2.48. The Morgan fingerprint density at radius 3 is 2.41 bits per heavy atom. The second-order valence-electron chi connectivity index (χ2n) is 6.94. The Balaban J connectivity index is 0.00000784. The van der Waals surface area contributed by atoms with Crippen molar-refractivity contribution in [3.8, 4) is 5.75 Å². The number of guanidine groups is 1. The largest absolute Gasteiger partial charge is 0.489 e. The Kier molecular flexibility index (Phi) is 11.4. The van der Waals surface area contributed by atoms with E-state index in [4.69, 9.17) is 4.74 Å². The van der Waals surface area contributed by atoms with Crippen LogP contribution in [0, 0.1) is 5.41 Å². The minimum Gasteiger partial charge on any atom is -0.489 e. The lowest BCUT2D eigenvalue weighted by Gasteiger charge is -2.25. The van der Waals surface area contributed by atoms with Gasteiger partial charge in [-0.1, -0.05) is 13.0 Å². The third-order valence-electron chi connectivity index (χ3n) is 4.18. The minimum absolute atomic E-state index is 0. The number of nitrogens with one attached hydrogen (secondary N) is 3. The van der Waals surface area contributed by atoms with Crippen molar-refractivity contribution in [2.75, 3.05) is 27.2 Å². The maximum absolute atomic E-state index is 12.8. The molecule has 1 atom stereocenters. The summed E-state index contributed by atoms with van der Waals surface area (Å²) in [6, 6.07) is 4.81. The summed E-state index contributed by atoms with van der Waals surface area (Å²) in [5, 5.41) is 8.76. The van der Waals surface area contributed by atoms with E-state index in [-0.39, 0.29) is 41.7 Å². The molecule has 0 saturated heterocycles. The van der Waals surface area contributed by atoms with Gasteiger partial charge in [-0.3, -0.25) is 9.79 Å². The molecule has 0 radical (unpaired) electrons. The van der Waals surface area contributed by atoms with E-state index >= 15 is 0 Å². The molecule has 1 aromatic rings. The molecule has 10 heteroatoms. The van der Waals surface area contributed by atoms with Crippen LogP contribution < -0.4 is 20.7 Å². The monoisotopic (exact) mass is 530 g/mol. The summed E-state index contributed by atoms with van der Waals surface area (Å²) >= 11 is 0. The first kappa shape index (κ1) is 27.3. The van der Waals surface area contributed by atoms with E-state index in [0.717, 1.165) is 12.1 Å². The average Bonchev–Trinajstić information content (AvgIpc) is 2.65. The Bertz CT molecular complexity index is 682. The smallest absolute Gasteiger partial charge is 0.416 e. The van der Waals surface area contributed by atoms with Crippen LogP contribution in [0.3, 0.4) is 0 Å². The third-order valence-corrected chi connectivity index (χ3v) is 4.18. The molecule has 0 aliphatic heterocycles. The number of hydrogen-bond acceptors (Lipinski definition) is 3. The van der Waals surface area contributed by atoms with Gasteiger partial charge in [0.05, 0.1) is 17.5 Å². The van der Waals surface area contributed by atoms with Crippen molar-refractivity contribution in [2.24, 2.45) is 10.4 Å². The fourth-order valence-electron chi connectivity index (χ4n) is 2.36. The lowest BCUT2D eigenvalue weighted by atomic mass is 9.92. The van der Waals surface area contributed by atoms with E-state index in [2.05, 4.69) is 20.9 Å². The van der Waals surface area contributed by atoms with Gasteiger partial charge in [-0.25, -0.2) is 0 Å². The predicted octanol–water partition coefficient (Wildman–Crippen LogP) is 3.42. The Morgan fingerprint density at radius 1 is 1.24 bits per heavy atom. The second kappa shape index (κ2) is 12.1. The molecule has 0 heterocycles. The highest BCUT2D eigenvalue weighted by Crippen LogP contribution is 2.31. The number of amides is 1. The van der Waals surface area contributed by atoms with Crippen molar-refractivity contribution >= 4 is 35.8 Å². The Labute approximate surface area is 187 Å². The van der Waals surface area contributed by atoms with E-state index in [1.54, 1.807) is 27.9 Å². The van der Waals surface area contributed by atoms with Crippen LogP contribution in [0.4, 0.5) is 13.2 Å². The molecule has 0 aliphatic rings. The summed E-state index contributed by atoms with van der Waals surface area (Å²) in [7, 11) is 3.17. The van der Waals surface area contributed by atoms with E-state index in [9.17, 15) is 18.0 Å². The summed E-state index contributed by atoms with van der Waals surface area (Å²) in [4.78, 5) is 15.9. The topological polar surface area (TPSA) is 74.8 Å². The quantitative estimate of drug-likeness (QED) is 0.274. The van der Waals surface area contributed by atoms with Gasteiger partial charge in [0.2, 0.25) is 5.91 Å². The van der Waals surface area contributed by atoms with Crippen LogP contribution in [0.5, 0.6) is 5.75 Å². The van der Waals surface area contributed by atoms with Crippen molar-refractivity contribution in [1.29, 1.82) is 0 Å². The number of hydrogen-bond donors (Lipinski definition) is 3. The Morgan fingerprint density at radius 2 is 1.90 bits per heavy atom. The normalized spacial score (nSPS) is 13.2. The molecule has 29 heavy (non-hydrogen) atoms. The van der Waals surface area contributed by atoms with Crippen LogP contribution in [0.1, 0.15) is 32.8 Å². The van der Waals surface area contributed by atoms with Gasteiger partial charge >= 0.3 is 6.18 Å². The molecule has 0 spiro atoms. The van der Waals surface area contributed by atoms with Gasteiger partial charge in [-0.15, -0.1) is 24.0 Å². The maximum Gasteiger partial charge on any atom is 0.416 e. The highest BCUT2D eigenvalue weighted by Gasteiger charge is 2.31. The fourth-order valence-corrected chi connectivity index (χ4v) is 2.36. The first-order valence-electron chi connectivity index (χ1n) is 9.04. The molecule has 1 unspecified atom stereocenters. The minimum atomic E-state index is -4.41. The molecular formula is C19H30F3IN4O2. The van der Waals surface area contributed by atoms with E-state index in [0.29, 0.717) is 25.5 Å². The number of rotatable bonds is 8. The zero-order valence-electron chi connectivity index (χ0n) is 17.3. The Hall–Kier alpha value is -1.72. The van der Waals surface area contributed by atoms with Crippen LogP contribution in [0.2, 0.25) is 0 Å². The van der Waals surface area contributed by atoms with Gasteiger partial charge < -0.3 is 20.7 Å². The summed E-state index contributed by atoms with van der Waals surface area (Å²) in [5.74, 6) is 0.532. The van der Waals surface area contributed by atoms with Gasteiger partial charge in [0, 0.05) is 20.6 Å². The number of ether oxygens (including phenoxy) is 1. The van der Waals surface area contributed by atoms with E-state index in [1.807, 2.05) is 6.92 Å². The van der Waals surface area contributed by atoms with Crippen LogP contribution in [0.15, 0.2) is 29.3 Å². The highest BCUT2D eigenvalue weighted by atomic mass is 127. The third kappa shape index (κ3) is 9.09. The molecule has 1 aromatic carbocycles. The number of carbonyl (C=O) groups is 1. The summed E-state index contributed by atoms with van der Waals surface area (Å²) < 4.78 is 44.2. The second-order valence-corrected chi connectivity index (χ2v) is 6.94. The number of carbonyl (C=O) groups excluding carboxylic acids is 1. The molecule has 0 aliphatic carbocycles. The molecule has 3 N–H and O–H groups in total. The van der Waals surface area contributed by atoms with E-state index in [1.165, 1.54) is 12.1 Å².